The van der Waals surface area contributed by atoms with Gasteiger partial charge < -0.3 is 9.47 Å². The van der Waals surface area contributed by atoms with Crippen molar-refractivity contribution in [2.75, 3.05) is 13.2 Å². The predicted molar refractivity (Wildman–Crippen MR) is 350 cm³/mol. The van der Waals surface area contributed by atoms with Crippen LogP contribution in [0.5, 0.6) is 0 Å². The number of rotatable bonds is 14. The molecular weight excluding hydrogens is 1260 g/mol. The van der Waals surface area contributed by atoms with Crippen LogP contribution in [-0.2, 0) is 47.8 Å². The summed E-state index contributed by atoms with van der Waals surface area (Å²) >= 11 is 3.21. The van der Waals surface area contributed by atoms with Crippen LogP contribution in [0.1, 0.15) is 43.6 Å². The van der Waals surface area contributed by atoms with Gasteiger partial charge in [-0.05, 0) is 114 Å². The molecule has 0 aliphatic rings. The van der Waals surface area contributed by atoms with Crippen molar-refractivity contribution < 1.29 is 35.0 Å². The van der Waals surface area contributed by atoms with Crippen molar-refractivity contribution in [2.24, 2.45) is 0 Å². The fourth-order valence-electron chi connectivity index (χ4n) is 6.76. The number of aromatic nitrogens is 2. The van der Waals surface area contributed by atoms with E-state index in [0.717, 1.165) is 47.1 Å². The monoisotopic (exact) mass is 1330 g/mol. The van der Waals surface area contributed by atoms with Gasteiger partial charge in [-0.1, -0.05) is 227 Å². The minimum absolute atomic E-state index is 0.106. The Hall–Kier alpha value is -5.30. The van der Waals surface area contributed by atoms with Crippen LogP contribution >= 0.6 is 50.8 Å². The fraction of sp³-hybridized carbons (Fsp3) is 0.212. The summed E-state index contributed by atoms with van der Waals surface area (Å²) in [4.78, 5) is 29.6. The number of halogens is 3. The molecule has 0 amide bonds. The van der Waals surface area contributed by atoms with E-state index in [2.05, 4.69) is 264 Å². The van der Waals surface area contributed by atoms with E-state index in [-0.39, 0.29) is 27.9 Å². The maximum atomic E-state index is 10.6. The summed E-state index contributed by atoms with van der Waals surface area (Å²) < 4.78 is 10.7. The molecule has 0 bridgehead atoms. The molecule has 2 heterocycles. The summed E-state index contributed by atoms with van der Waals surface area (Å²) in [7, 11) is 6.30. The molecule has 8 aromatic rings. The molecule has 0 saturated carbocycles. The Labute approximate surface area is 507 Å². The number of aryl methyl sites for hydroxylation is 2. The van der Waals surface area contributed by atoms with Crippen molar-refractivity contribution in [3.05, 3.63) is 240 Å². The van der Waals surface area contributed by atoms with Crippen molar-refractivity contribution in [1.82, 2.24) is 9.97 Å². The predicted octanol–water partition coefficient (Wildman–Crippen LogP) is 14.9. The number of nitrogens with zero attached hydrogens (tertiary/aromatic N) is 2. The van der Waals surface area contributed by atoms with Gasteiger partial charge in [-0.25, -0.2) is 0 Å². The molecule has 0 spiro atoms. The van der Waals surface area contributed by atoms with Crippen molar-refractivity contribution >= 4 is 111 Å². The van der Waals surface area contributed by atoms with Gasteiger partial charge in [0.1, 0.15) is 16.1 Å². The van der Waals surface area contributed by atoms with E-state index in [4.69, 9.17) is 35.0 Å². The number of hydrogen-bond acceptors (Lipinski definition) is 6. The number of pyridine rings is 2. The van der Waals surface area contributed by atoms with Gasteiger partial charge in [-0.15, -0.1) is 17.5 Å². The summed E-state index contributed by atoms with van der Waals surface area (Å²) in [5.41, 5.74) is 9.04. The van der Waals surface area contributed by atoms with Gasteiger partial charge in [-0.3, -0.25) is 19.6 Å². The van der Waals surface area contributed by atoms with Gasteiger partial charge >= 0.3 is 46.9 Å². The van der Waals surface area contributed by atoms with E-state index in [9.17, 15) is 9.59 Å². The van der Waals surface area contributed by atoms with E-state index < -0.39 is 32.0 Å². The summed E-state index contributed by atoms with van der Waals surface area (Å²) in [5, 5.41) is 8.39. The van der Waals surface area contributed by atoms with Crippen LogP contribution in [0.2, 0.25) is 39.3 Å². The molecule has 0 saturated heterocycles. The first kappa shape index (κ1) is 69.0. The molecule has 0 radical (unpaired) electrons. The molecule has 0 N–H and O–H groups in total. The number of terminal acetylenes is 1. The van der Waals surface area contributed by atoms with Gasteiger partial charge in [0.2, 0.25) is 0 Å². The first-order chi connectivity index (χ1) is 38.4. The zero-order valence-electron chi connectivity index (χ0n) is 47.0. The van der Waals surface area contributed by atoms with Crippen LogP contribution in [0.3, 0.4) is 0 Å². The first-order valence-corrected chi connectivity index (χ1v) is 40.5. The molecule has 2 aromatic heterocycles. The fourth-order valence-corrected chi connectivity index (χ4v) is 12.1. The van der Waals surface area contributed by atoms with Gasteiger partial charge in [-0.2, -0.15) is 0 Å². The average molecular weight is 1330 g/mol. The largest absolute Gasteiger partial charge is 0.0622 e. The Morgan fingerprint density at radius 3 is 1.01 bits per heavy atom. The molecule has 6 aromatic carbocycles. The number of esters is 2. The molecule has 0 fully saturated rings. The number of benzene rings is 6. The molecular formula is C66H73BrCl2N2O4P2PdSi2. The standard InChI is InChI=1S/2C18H15P.C15H21NO2Si.C10H12BrNO2.C5H10Si.2ClH.Pd/c2*1-4-10-16(11-5-1)19(17-12-6-2-7-13-17)18-14-8-3-9-15-18;1-13(17)18-10-5-6-15-8-7-14(12-16-15)9-11-19(2,3)4;1-8(13)14-6-2-3-10-5-4-9(11)7-12-10;1-5-6(2,3)4;;;/h2*1-15H;7-8,12H,5-6,10H2,1-4H3;4-5,7H,2-3,6H2,1H3;1H,2-4H3;2*1H;/q;;;;;;;+2/p-2. The van der Waals surface area contributed by atoms with Crippen LogP contribution in [0.4, 0.5) is 0 Å². The molecule has 14 heteroatoms. The summed E-state index contributed by atoms with van der Waals surface area (Å²) in [5.74, 6) is 2.71. The third-order valence-electron chi connectivity index (χ3n) is 10.5. The van der Waals surface area contributed by atoms with Crippen LogP contribution in [-0.4, -0.2) is 51.3 Å². The zero-order valence-corrected chi connectivity index (χ0v) is 55.4. The van der Waals surface area contributed by atoms with Crippen molar-refractivity contribution in [3.63, 3.8) is 0 Å². The maximum absolute atomic E-state index is 10.6. The van der Waals surface area contributed by atoms with E-state index >= 15 is 0 Å². The van der Waals surface area contributed by atoms with Crippen LogP contribution in [0, 0.1) is 23.4 Å². The van der Waals surface area contributed by atoms with Crippen LogP contribution < -0.4 is 31.8 Å². The topological polar surface area (TPSA) is 78.4 Å². The third kappa shape index (κ3) is 31.1. The van der Waals surface area contributed by atoms with Crippen molar-refractivity contribution in [2.45, 2.75) is 78.8 Å². The van der Waals surface area contributed by atoms with Gasteiger partial charge in [0, 0.05) is 47.7 Å². The molecule has 80 heavy (non-hydrogen) atoms. The number of ether oxygens (including phenoxy) is 2. The normalized spacial score (nSPS) is 10.3. The average Bonchev–Trinajstić information content (AvgIpc) is 3.46. The third-order valence-corrected chi connectivity index (χ3v) is 17.6. The molecule has 0 aliphatic carbocycles. The Balaban J connectivity index is 0.000000268. The van der Waals surface area contributed by atoms with Gasteiger partial charge in [0.25, 0.3) is 0 Å². The molecule has 8 rings (SSSR count). The smallest absolute Gasteiger partial charge is 0.0134 e. The SMILES string of the molecule is C#C[Si](C)(C)C.CC(=O)OCCCc1ccc(Br)cn1.CC(=O)OCCCc1ccc(C#C[Si](C)(C)C)cn1.[Cl][Pd][Cl].c1ccc(P(c2ccccc2)c2ccccc2)cc1.c1ccc(P(c2ccccc2)c2ccccc2)cc1. The minimum Gasteiger partial charge on any atom is -0.0622 e. The van der Waals surface area contributed by atoms with Crippen LogP contribution in [0.25, 0.3) is 0 Å². The summed E-state index contributed by atoms with van der Waals surface area (Å²) in [6, 6.07) is 72.5. The minimum atomic E-state index is -1.33. The van der Waals surface area contributed by atoms with E-state index in [1.165, 1.54) is 45.7 Å². The zero-order chi connectivity index (χ0) is 58.4. The van der Waals surface area contributed by atoms with E-state index in [0.29, 0.717) is 13.2 Å². The molecule has 0 atom stereocenters. The molecule has 6 nitrogen and oxygen atoms in total. The van der Waals surface area contributed by atoms with Gasteiger partial charge in [0.15, 0.2) is 0 Å². The van der Waals surface area contributed by atoms with Crippen molar-refractivity contribution in [3.8, 4) is 23.4 Å². The Morgan fingerprint density at radius 2 is 0.787 bits per heavy atom. The Kier molecular flexibility index (Phi) is 34.5. The summed E-state index contributed by atoms with van der Waals surface area (Å²) in [6.07, 6.45) is 12.0. The number of carbonyl (C=O) groups is 2. The number of hydrogen-bond donors (Lipinski definition) is 0. The van der Waals surface area contributed by atoms with E-state index in [1.54, 1.807) is 6.20 Å². The first-order valence-electron chi connectivity index (χ1n) is 26.0. The Morgan fingerprint density at radius 1 is 0.500 bits per heavy atom. The quantitative estimate of drug-likeness (QED) is 0.0355. The maximum Gasteiger partial charge on any atom is -0.0134 e. The molecule has 420 valence electrons. The van der Waals surface area contributed by atoms with Crippen LogP contribution in [0.15, 0.2) is 223 Å². The van der Waals surface area contributed by atoms with E-state index in [1.807, 2.05) is 30.5 Å². The molecule has 0 unspecified atom stereocenters. The Bertz CT molecular complexity index is 2740. The molecule has 0 aliphatic heterocycles. The number of carbonyl (C=O) groups excluding carboxylic acids is 2. The second kappa shape index (κ2) is 40.0. The summed E-state index contributed by atoms with van der Waals surface area (Å²) in [6.45, 7) is 16.8. The van der Waals surface area contributed by atoms with Crippen molar-refractivity contribution in [1.29, 1.82) is 0 Å². The van der Waals surface area contributed by atoms with Gasteiger partial charge in [0.05, 0.1) is 13.2 Å². The second-order valence-electron chi connectivity index (χ2n) is 19.5. The second-order valence-corrected chi connectivity index (χ2v) is 36.8.